The molecule has 0 aromatic rings. The molecule has 5 aliphatic rings. The van der Waals surface area contributed by atoms with Crippen LogP contribution in [0, 0.1) is 40.4 Å². The van der Waals surface area contributed by atoms with E-state index in [9.17, 15) is 9.59 Å². The number of ketones is 2. The van der Waals surface area contributed by atoms with Crippen molar-refractivity contribution in [3.8, 4) is 0 Å². The predicted octanol–water partition coefficient (Wildman–Crippen LogP) is 4.15. The number of hydrogen-bond donors (Lipinski definition) is 0. The fraction of sp³-hybridized carbons (Fsp3) is 0.913. The maximum Gasteiger partial charge on any atom is 0.170 e. The number of fused-ring (bicyclic) bond motifs is 6. The van der Waals surface area contributed by atoms with E-state index in [1.165, 1.54) is 0 Å². The molecule has 4 saturated carbocycles. The summed E-state index contributed by atoms with van der Waals surface area (Å²) < 4.78 is 12.3. The van der Waals surface area contributed by atoms with Gasteiger partial charge in [0.1, 0.15) is 11.9 Å². The second-order valence-electron chi connectivity index (χ2n) is 11.0. The van der Waals surface area contributed by atoms with E-state index in [1.807, 2.05) is 13.8 Å². The van der Waals surface area contributed by atoms with Crippen LogP contribution in [0.3, 0.4) is 0 Å². The zero-order valence-corrected chi connectivity index (χ0v) is 17.4. The van der Waals surface area contributed by atoms with Crippen LogP contribution >= 0.6 is 0 Å². The first-order chi connectivity index (χ1) is 12.6. The lowest BCUT2D eigenvalue weighted by Gasteiger charge is -2.60. The van der Waals surface area contributed by atoms with Gasteiger partial charge in [0, 0.05) is 17.3 Å². The quantitative estimate of drug-likeness (QED) is 0.639. The highest BCUT2D eigenvalue weighted by Crippen LogP contribution is 2.66. The maximum absolute atomic E-state index is 13.8. The molecule has 4 aliphatic carbocycles. The molecule has 0 spiro atoms. The van der Waals surface area contributed by atoms with Crippen LogP contribution in [0.2, 0.25) is 0 Å². The number of hydrogen-bond acceptors (Lipinski definition) is 4. The van der Waals surface area contributed by atoms with E-state index in [0.29, 0.717) is 35.4 Å². The molecule has 9 unspecified atom stereocenters. The minimum absolute atomic E-state index is 0.107. The fourth-order valence-corrected chi connectivity index (χ4v) is 8.24. The summed E-state index contributed by atoms with van der Waals surface area (Å²) >= 11 is 0. The van der Waals surface area contributed by atoms with E-state index >= 15 is 0 Å². The standard InChI is InChI=1S/C23H34O4/c1-12-14-7-6-13-15-8-9-17(24)22(15,4)11-10-16(13)23(14,5)20(25)19-18(12)26-21(2,3)27-19/h12-16,18-19H,6-11H2,1-5H3. The average molecular weight is 375 g/mol. The van der Waals surface area contributed by atoms with E-state index in [4.69, 9.17) is 9.47 Å². The molecule has 5 fully saturated rings. The van der Waals surface area contributed by atoms with E-state index in [1.54, 1.807) is 0 Å². The lowest BCUT2D eigenvalue weighted by atomic mass is 9.43. The Kier molecular flexibility index (Phi) is 3.69. The minimum atomic E-state index is -0.675. The van der Waals surface area contributed by atoms with E-state index in [-0.39, 0.29) is 22.7 Å². The van der Waals surface area contributed by atoms with Gasteiger partial charge in [-0.15, -0.1) is 0 Å². The number of carbonyl (C=O) groups is 2. The smallest absolute Gasteiger partial charge is 0.170 e. The number of ether oxygens (including phenoxy) is 2. The molecule has 0 amide bonds. The van der Waals surface area contributed by atoms with Gasteiger partial charge in [-0.05, 0) is 75.5 Å². The van der Waals surface area contributed by atoms with Crippen molar-refractivity contribution in [3.63, 3.8) is 0 Å². The summed E-state index contributed by atoms with van der Waals surface area (Å²) in [5.74, 6) is 2.15. The van der Waals surface area contributed by atoms with Gasteiger partial charge in [-0.25, -0.2) is 0 Å². The Morgan fingerprint density at radius 1 is 0.889 bits per heavy atom. The maximum atomic E-state index is 13.8. The lowest BCUT2D eigenvalue weighted by molar-refractivity contribution is -0.177. The third kappa shape index (κ3) is 2.18. The number of rotatable bonds is 0. The molecule has 4 nitrogen and oxygen atoms in total. The summed E-state index contributed by atoms with van der Waals surface area (Å²) in [4.78, 5) is 26.4. The molecular weight excluding hydrogens is 340 g/mol. The zero-order chi connectivity index (χ0) is 19.4. The minimum Gasteiger partial charge on any atom is -0.344 e. The molecule has 9 atom stereocenters. The molecule has 5 rings (SSSR count). The van der Waals surface area contributed by atoms with E-state index in [2.05, 4.69) is 20.8 Å². The largest absolute Gasteiger partial charge is 0.344 e. The van der Waals surface area contributed by atoms with Crippen LogP contribution < -0.4 is 0 Å². The lowest BCUT2D eigenvalue weighted by Crippen LogP contribution is -2.64. The van der Waals surface area contributed by atoms with Gasteiger partial charge in [-0.2, -0.15) is 0 Å². The number of carbonyl (C=O) groups excluding carboxylic acids is 2. The van der Waals surface area contributed by atoms with Gasteiger partial charge >= 0.3 is 0 Å². The number of Topliss-reactive ketones (excluding diaryl/α,β-unsaturated/α-hetero) is 2. The Labute approximate surface area is 162 Å². The zero-order valence-electron chi connectivity index (χ0n) is 17.4. The summed E-state index contributed by atoms with van der Waals surface area (Å²) in [6.45, 7) is 10.6. The normalized spacial score (nSPS) is 56.3. The molecule has 0 aromatic heterocycles. The molecule has 27 heavy (non-hydrogen) atoms. The monoisotopic (exact) mass is 374 g/mol. The second kappa shape index (κ2) is 5.44. The van der Waals surface area contributed by atoms with Crippen molar-refractivity contribution in [2.45, 2.75) is 91.1 Å². The van der Waals surface area contributed by atoms with Gasteiger partial charge in [0.2, 0.25) is 0 Å². The van der Waals surface area contributed by atoms with Crippen LogP contribution in [0.5, 0.6) is 0 Å². The molecule has 0 radical (unpaired) electrons. The SMILES string of the molecule is CC1C2OC(C)(C)OC2C(=O)C2(C)C1CCC1C3CCC(=O)C3(C)CCC12. The van der Waals surface area contributed by atoms with Crippen LogP contribution in [-0.4, -0.2) is 29.6 Å². The van der Waals surface area contributed by atoms with Gasteiger partial charge in [0.25, 0.3) is 0 Å². The second-order valence-corrected chi connectivity index (χ2v) is 11.0. The Hall–Kier alpha value is -0.740. The molecule has 1 aliphatic heterocycles. The molecule has 4 heteroatoms. The fourth-order valence-electron chi connectivity index (χ4n) is 8.24. The highest BCUT2D eigenvalue weighted by atomic mass is 16.8. The molecule has 0 aromatic carbocycles. The molecule has 1 saturated heterocycles. The highest BCUT2D eigenvalue weighted by molar-refractivity contribution is 5.92. The van der Waals surface area contributed by atoms with Crippen LogP contribution in [0.25, 0.3) is 0 Å². The van der Waals surface area contributed by atoms with E-state index in [0.717, 1.165) is 38.5 Å². The average Bonchev–Trinajstić information content (AvgIpc) is 3.09. The van der Waals surface area contributed by atoms with Crippen molar-refractivity contribution in [2.24, 2.45) is 40.4 Å². The summed E-state index contributed by atoms with van der Waals surface area (Å²) in [6.07, 6.45) is 5.45. The molecule has 0 bridgehead atoms. The Morgan fingerprint density at radius 3 is 2.37 bits per heavy atom. The van der Waals surface area contributed by atoms with Crippen molar-refractivity contribution in [1.29, 1.82) is 0 Å². The van der Waals surface area contributed by atoms with E-state index < -0.39 is 11.9 Å². The van der Waals surface area contributed by atoms with Gasteiger partial charge in [0.15, 0.2) is 11.6 Å². The molecular formula is C23H34O4. The first-order valence-electron chi connectivity index (χ1n) is 11.0. The summed E-state index contributed by atoms with van der Waals surface area (Å²) in [5.41, 5.74) is -0.467. The van der Waals surface area contributed by atoms with Crippen LogP contribution in [-0.2, 0) is 19.1 Å². The first-order valence-corrected chi connectivity index (χ1v) is 11.0. The Morgan fingerprint density at radius 2 is 1.63 bits per heavy atom. The van der Waals surface area contributed by atoms with Gasteiger partial charge in [0.05, 0.1) is 6.10 Å². The van der Waals surface area contributed by atoms with Crippen molar-refractivity contribution < 1.29 is 19.1 Å². The summed E-state index contributed by atoms with van der Waals surface area (Å²) in [7, 11) is 0. The predicted molar refractivity (Wildman–Crippen MR) is 101 cm³/mol. The highest BCUT2D eigenvalue weighted by Gasteiger charge is 2.68. The molecule has 150 valence electrons. The van der Waals surface area contributed by atoms with Gasteiger partial charge < -0.3 is 9.47 Å². The third-order valence-electron chi connectivity index (χ3n) is 9.57. The van der Waals surface area contributed by atoms with Crippen molar-refractivity contribution >= 4 is 11.6 Å². The van der Waals surface area contributed by atoms with Crippen LogP contribution in [0.1, 0.15) is 73.1 Å². The van der Waals surface area contributed by atoms with Crippen molar-refractivity contribution in [2.75, 3.05) is 0 Å². The van der Waals surface area contributed by atoms with Gasteiger partial charge in [-0.3, -0.25) is 9.59 Å². The summed E-state index contributed by atoms with van der Waals surface area (Å²) in [5, 5.41) is 0. The van der Waals surface area contributed by atoms with Crippen LogP contribution in [0.15, 0.2) is 0 Å². The van der Waals surface area contributed by atoms with Crippen molar-refractivity contribution in [3.05, 3.63) is 0 Å². The molecule has 0 N–H and O–H groups in total. The van der Waals surface area contributed by atoms with Crippen molar-refractivity contribution in [1.82, 2.24) is 0 Å². The van der Waals surface area contributed by atoms with Crippen LogP contribution in [0.4, 0.5) is 0 Å². The Bertz CT molecular complexity index is 698. The third-order valence-corrected chi connectivity index (χ3v) is 9.57. The summed E-state index contributed by atoms with van der Waals surface area (Å²) in [6, 6.07) is 0. The van der Waals surface area contributed by atoms with Gasteiger partial charge in [-0.1, -0.05) is 20.8 Å². The first kappa shape index (κ1) is 18.3. The topological polar surface area (TPSA) is 52.6 Å². The molecule has 1 heterocycles. The Balaban J connectivity index is 1.52.